The Labute approximate surface area is 102 Å². The van der Waals surface area contributed by atoms with Gasteiger partial charge in [-0.15, -0.1) is 0 Å². The fraction of sp³-hybridized carbons (Fsp3) is 0.667. The molecule has 0 radical (unpaired) electrons. The highest BCUT2D eigenvalue weighted by atomic mass is 16.2. The Morgan fingerprint density at radius 1 is 1.59 bits per heavy atom. The van der Waals surface area contributed by atoms with Gasteiger partial charge in [-0.2, -0.15) is 5.10 Å². The number of likely N-dealkylation sites (tertiary alicyclic amines) is 1. The summed E-state index contributed by atoms with van der Waals surface area (Å²) in [6.07, 6.45) is 4.24. The lowest BCUT2D eigenvalue weighted by Gasteiger charge is -2.29. The Kier molecular flexibility index (Phi) is 3.19. The number of carbonyl (C=O) groups excluding carboxylic acids is 1. The van der Waals surface area contributed by atoms with Crippen molar-refractivity contribution in [3.05, 3.63) is 18.0 Å². The molecule has 1 aliphatic heterocycles. The topological polar surface area (TPSA) is 64.2 Å². The fourth-order valence-electron chi connectivity index (χ4n) is 2.50. The lowest BCUT2D eigenvalue weighted by atomic mass is 10.0. The van der Waals surface area contributed by atoms with E-state index in [0.717, 1.165) is 12.1 Å². The molecular weight excluding hydrogens is 216 g/mol. The molecule has 0 aliphatic carbocycles. The fourth-order valence-corrected chi connectivity index (χ4v) is 2.50. The van der Waals surface area contributed by atoms with E-state index in [4.69, 9.17) is 5.73 Å². The van der Waals surface area contributed by atoms with E-state index in [0.29, 0.717) is 6.42 Å². The average molecular weight is 236 g/mol. The van der Waals surface area contributed by atoms with E-state index in [9.17, 15) is 4.79 Å². The van der Waals surface area contributed by atoms with E-state index in [1.54, 1.807) is 0 Å². The number of nitrogens with zero attached hydrogens (tertiary/aromatic N) is 3. The number of carbonyl (C=O) groups is 1. The van der Waals surface area contributed by atoms with Crippen molar-refractivity contribution in [1.29, 1.82) is 0 Å². The van der Waals surface area contributed by atoms with Crippen molar-refractivity contribution in [2.75, 3.05) is 0 Å². The van der Waals surface area contributed by atoms with Crippen LogP contribution in [-0.4, -0.2) is 32.7 Å². The van der Waals surface area contributed by atoms with Gasteiger partial charge in [-0.05, 0) is 20.8 Å². The maximum absolute atomic E-state index is 11.9. The average Bonchev–Trinajstić information content (AvgIpc) is 2.81. The van der Waals surface area contributed by atoms with Crippen LogP contribution < -0.4 is 5.73 Å². The summed E-state index contributed by atoms with van der Waals surface area (Å²) in [5.41, 5.74) is 7.12. The van der Waals surface area contributed by atoms with Crippen LogP contribution in [0.25, 0.3) is 0 Å². The molecule has 1 aliphatic rings. The SMILES string of the molecule is CCn1cc([C@@H]2[C@@H](N)CC(=O)N2C(C)C)cn1. The van der Waals surface area contributed by atoms with E-state index in [1.165, 1.54) is 0 Å². The first-order valence-electron chi connectivity index (χ1n) is 6.13. The van der Waals surface area contributed by atoms with Gasteiger partial charge in [-0.1, -0.05) is 0 Å². The van der Waals surface area contributed by atoms with Crippen molar-refractivity contribution < 1.29 is 4.79 Å². The van der Waals surface area contributed by atoms with E-state index >= 15 is 0 Å². The normalized spacial score (nSPS) is 25.0. The molecular formula is C12H20N4O. The third kappa shape index (κ3) is 2.07. The van der Waals surface area contributed by atoms with E-state index in [2.05, 4.69) is 5.10 Å². The smallest absolute Gasteiger partial charge is 0.225 e. The molecule has 1 aromatic rings. The van der Waals surface area contributed by atoms with Crippen LogP contribution >= 0.6 is 0 Å². The predicted octanol–water partition coefficient (Wildman–Crippen LogP) is 0.912. The van der Waals surface area contributed by atoms with E-state index < -0.39 is 0 Å². The standard InChI is InChI=1S/C12H20N4O/c1-4-15-7-9(6-14-15)12-10(13)5-11(17)16(12)8(2)3/h6-8,10,12H,4-5,13H2,1-3H3/t10-,12+/m0/s1. The van der Waals surface area contributed by atoms with Gasteiger partial charge in [0.15, 0.2) is 0 Å². The minimum absolute atomic E-state index is 0.0252. The molecule has 5 heteroatoms. The zero-order valence-electron chi connectivity index (χ0n) is 10.6. The maximum atomic E-state index is 11.9. The van der Waals surface area contributed by atoms with Gasteiger partial charge >= 0.3 is 0 Å². The Morgan fingerprint density at radius 2 is 2.29 bits per heavy atom. The highest BCUT2D eigenvalue weighted by molar-refractivity contribution is 5.80. The second kappa shape index (κ2) is 4.49. The molecule has 0 bridgehead atoms. The summed E-state index contributed by atoms with van der Waals surface area (Å²) in [6, 6.07) is 0.0215. The van der Waals surface area contributed by atoms with Crippen molar-refractivity contribution in [3.63, 3.8) is 0 Å². The number of aromatic nitrogens is 2. The quantitative estimate of drug-likeness (QED) is 0.848. The van der Waals surface area contributed by atoms with Crippen molar-refractivity contribution in [2.24, 2.45) is 5.73 Å². The van der Waals surface area contributed by atoms with Crippen LogP contribution in [-0.2, 0) is 11.3 Å². The van der Waals surface area contributed by atoms with Crippen molar-refractivity contribution in [1.82, 2.24) is 14.7 Å². The molecule has 1 amide bonds. The number of hydrogen-bond donors (Lipinski definition) is 1. The molecule has 0 saturated carbocycles. The lowest BCUT2D eigenvalue weighted by molar-refractivity contribution is -0.130. The predicted molar refractivity (Wildman–Crippen MR) is 65.2 cm³/mol. The van der Waals surface area contributed by atoms with Crippen molar-refractivity contribution in [3.8, 4) is 0 Å². The minimum Gasteiger partial charge on any atom is -0.331 e. The van der Waals surface area contributed by atoms with E-state index in [-0.39, 0.29) is 24.0 Å². The number of rotatable bonds is 3. The molecule has 2 N–H and O–H groups in total. The largest absolute Gasteiger partial charge is 0.331 e. The minimum atomic E-state index is -0.126. The second-order valence-electron chi connectivity index (χ2n) is 4.84. The summed E-state index contributed by atoms with van der Waals surface area (Å²) < 4.78 is 1.86. The van der Waals surface area contributed by atoms with Crippen LogP contribution in [0.15, 0.2) is 12.4 Å². The lowest BCUT2D eigenvalue weighted by Crippen LogP contribution is -2.37. The number of aryl methyl sites for hydroxylation is 1. The molecule has 0 aromatic carbocycles. The van der Waals surface area contributed by atoms with Crippen LogP contribution in [0.5, 0.6) is 0 Å². The molecule has 1 fully saturated rings. The van der Waals surface area contributed by atoms with Crippen LogP contribution in [0.3, 0.4) is 0 Å². The molecule has 2 heterocycles. The summed E-state index contributed by atoms with van der Waals surface area (Å²) in [6.45, 7) is 6.91. The Balaban J connectivity index is 2.31. The molecule has 2 atom stereocenters. The van der Waals surface area contributed by atoms with Gasteiger partial charge < -0.3 is 10.6 Å². The zero-order valence-corrected chi connectivity index (χ0v) is 10.6. The number of hydrogen-bond acceptors (Lipinski definition) is 3. The molecule has 94 valence electrons. The zero-order chi connectivity index (χ0) is 12.6. The summed E-state index contributed by atoms with van der Waals surface area (Å²) in [5, 5.41) is 4.26. The van der Waals surface area contributed by atoms with Crippen LogP contribution in [0.1, 0.15) is 38.8 Å². The molecule has 0 unspecified atom stereocenters. The third-order valence-corrected chi connectivity index (χ3v) is 3.28. The first-order valence-corrected chi connectivity index (χ1v) is 6.13. The number of nitrogens with two attached hydrogens (primary N) is 1. The Morgan fingerprint density at radius 3 is 2.82 bits per heavy atom. The van der Waals surface area contributed by atoms with Gasteiger partial charge in [-0.25, -0.2) is 0 Å². The van der Waals surface area contributed by atoms with Crippen molar-refractivity contribution in [2.45, 2.75) is 51.9 Å². The van der Waals surface area contributed by atoms with Gasteiger partial charge in [0.2, 0.25) is 5.91 Å². The van der Waals surface area contributed by atoms with E-state index in [1.807, 2.05) is 42.7 Å². The van der Waals surface area contributed by atoms with Crippen LogP contribution in [0.2, 0.25) is 0 Å². The third-order valence-electron chi connectivity index (χ3n) is 3.28. The summed E-state index contributed by atoms with van der Waals surface area (Å²) in [5.74, 6) is 0.141. The highest BCUT2D eigenvalue weighted by Gasteiger charge is 2.40. The van der Waals surface area contributed by atoms with Gasteiger partial charge in [0.05, 0.1) is 12.2 Å². The first-order chi connectivity index (χ1) is 8.04. The monoisotopic (exact) mass is 236 g/mol. The molecule has 2 rings (SSSR count). The first kappa shape index (κ1) is 12.1. The van der Waals surface area contributed by atoms with Crippen molar-refractivity contribution >= 4 is 5.91 Å². The highest BCUT2D eigenvalue weighted by Crippen LogP contribution is 2.33. The van der Waals surface area contributed by atoms with Gasteiger partial charge in [0, 0.05) is 36.8 Å². The second-order valence-corrected chi connectivity index (χ2v) is 4.84. The van der Waals surface area contributed by atoms with Gasteiger partial charge in [0.1, 0.15) is 0 Å². The summed E-state index contributed by atoms with van der Waals surface area (Å²) in [7, 11) is 0. The molecule has 0 spiro atoms. The molecule has 1 saturated heterocycles. The van der Waals surface area contributed by atoms with Gasteiger partial charge in [-0.3, -0.25) is 9.48 Å². The summed E-state index contributed by atoms with van der Waals surface area (Å²) in [4.78, 5) is 13.8. The van der Waals surface area contributed by atoms with Crippen LogP contribution in [0.4, 0.5) is 0 Å². The molecule has 1 aromatic heterocycles. The Bertz CT molecular complexity index is 412. The maximum Gasteiger partial charge on any atom is 0.225 e. The van der Waals surface area contributed by atoms with Crippen LogP contribution in [0, 0.1) is 0 Å². The summed E-state index contributed by atoms with van der Waals surface area (Å²) >= 11 is 0. The Hall–Kier alpha value is -1.36. The van der Waals surface area contributed by atoms with Gasteiger partial charge in [0.25, 0.3) is 0 Å². The molecule has 5 nitrogen and oxygen atoms in total. The molecule has 17 heavy (non-hydrogen) atoms. The number of amides is 1.